The molecule has 0 aliphatic carbocycles. The van der Waals surface area contributed by atoms with E-state index >= 15 is 0 Å². The molecule has 84 valence electrons. The molecule has 0 saturated heterocycles. The van der Waals surface area contributed by atoms with Crippen LogP contribution in [0.3, 0.4) is 0 Å². The Hall–Kier alpha value is -2.27. The molecule has 2 heteroatoms. The van der Waals surface area contributed by atoms with Crippen LogP contribution in [0.5, 0.6) is 5.75 Å². The average molecular weight is 226 g/mol. The molecule has 1 nitrogen and oxygen atoms in total. The van der Waals surface area contributed by atoms with E-state index < -0.39 is 0 Å². The number of methoxy groups -OCH3 is 1. The van der Waals surface area contributed by atoms with Crippen LogP contribution in [0, 0.1) is 18.2 Å². The molecule has 0 aromatic heterocycles. The molecule has 0 saturated carbocycles. The third-order valence-corrected chi connectivity index (χ3v) is 2.53. The van der Waals surface area contributed by atoms with Crippen molar-refractivity contribution in [3.05, 3.63) is 53.8 Å². The highest BCUT2D eigenvalue weighted by atomic mass is 19.1. The number of ether oxygens (including phenoxy) is 1. The fourth-order valence-corrected chi connectivity index (χ4v) is 1.69. The maximum absolute atomic E-state index is 13.9. The van der Waals surface area contributed by atoms with E-state index in [1.165, 1.54) is 6.07 Å². The average Bonchev–Trinajstić information content (AvgIpc) is 2.38. The van der Waals surface area contributed by atoms with E-state index in [1.807, 2.05) is 18.2 Å². The van der Waals surface area contributed by atoms with Gasteiger partial charge in [0.25, 0.3) is 0 Å². The Bertz CT molecular complexity index is 582. The smallest absolute Gasteiger partial charge is 0.132 e. The van der Waals surface area contributed by atoms with Crippen LogP contribution in [-0.2, 0) is 0 Å². The van der Waals surface area contributed by atoms with Crippen molar-refractivity contribution in [3.8, 4) is 29.2 Å². The van der Waals surface area contributed by atoms with Crippen LogP contribution in [0.2, 0.25) is 0 Å². The van der Waals surface area contributed by atoms with Crippen LogP contribution in [0.25, 0.3) is 11.1 Å². The minimum absolute atomic E-state index is 0.343. The Morgan fingerprint density at radius 1 is 1.12 bits per heavy atom. The summed E-state index contributed by atoms with van der Waals surface area (Å²) >= 11 is 0. The number of benzene rings is 2. The molecule has 0 aliphatic rings. The largest absolute Gasteiger partial charge is 0.496 e. The summed E-state index contributed by atoms with van der Waals surface area (Å²) in [4.78, 5) is 0. The molecule has 0 N–H and O–H groups in total. The van der Waals surface area contributed by atoms with Crippen LogP contribution in [0.1, 0.15) is 5.56 Å². The monoisotopic (exact) mass is 226 g/mol. The molecule has 0 aliphatic heterocycles. The molecule has 17 heavy (non-hydrogen) atoms. The molecule has 0 heterocycles. The molecule has 0 atom stereocenters. The van der Waals surface area contributed by atoms with Gasteiger partial charge in [-0.1, -0.05) is 30.2 Å². The zero-order valence-electron chi connectivity index (χ0n) is 9.41. The molecule has 2 aromatic rings. The third-order valence-electron chi connectivity index (χ3n) is 2.53. The summed E-state index contributed by atoms with van der Waals surface area (Å²) in [6, 6.07) is 12.0. The van der Waals surface area contributed by atoms with Crippen molar-refractivity contribution in [1.29, 1.82) is 0 Å². The van der Waals surface area contributed by atoms with Gasteiger partial charge in [-0.3, -0.25) is 0 Å². The Balaban J connectivity index is 2.57. The van der Waals surface area contributed by atoms with E-state index in [-0.39, 0.29) is 5.82 Å². The summed E-state index contributed by atoms with van der Waals surface area (Å²) < 4.78 is 19.1. The lowest BCUT2D eigenvalue weighted by atomic mass is 10.0. The van der Waals surface area contributed by atoms with E-state index in [4.69, 9.17) is 11.2 Å². The van der Waals surface area contributed by atoms with Crippen molar-refractivity contribution in [3.63, 3.8) is 0 Å². The van der Waals surface area contributed by atoms with Gasteiger partial charge in [0.1, 0.15) is 11.6 Å². The van der Waals surface area contributed by atoms with Gasteiger partial charge < -0.3 is 4.74 Å². The first kappa shape index (κ1) is 11.2. The zero-order chi connectivity index (χ0) is 12.3. The Kier molecular flexibility index (Phi) is 3.11. The van der Waals surface area contributed by atoms with Crippen LogP contribution < -0.4 is 4.74 Å². The minimum atomic E-state index is -0.343. The second-order valence-corrected chi connectivity index (χ2v) is 3.54. The lowest BCUT2D eigenvalue weighted by Gasteiger charge is -2.09. The number of halogens is 1. The van der Waals surface area contributed by atoms with Crippen molar-refractivity contribution in [2.75, 3.05) is 7.11 Å². The summed E-state index contributed by atoms with van der Waals surface area (Å²) in [6.07, 6.45) is 5.22. The highest BCUT2D eigenvalue weighted by Gasteiger charge is 2.09. The molecular weight excluding hydrogens is 215 g/mol. The highest BCUT2D eigenvalue weighted by Crippen LogP contribution is 2.31. The normalized spacial score (nSPS) is 9.71. The van der Waals surface area contributed by atoms with Crippen LogP contribution in [-0.4, -0.2) is 7.11 Å². The molecule has 0 unspecified atom stereocenters. The lowest BCUT2D eigenvalue weighted by molar-refractivity contribution is 0.416. The maximum atomic E-state index is 13.9. The summed E-state index contributed by atoms with van der Waals surface area (Å²) in [7, 11) is 1.56. The van der Waals surface area contributed by atoms with Gasteiger partial charge in [0.05, 0.1) is 7.11 Å². The molecule has 2 rings (SSSR count). The van der Waals surface area contributed by atoms with Gasteiger partial charge >= 0.3 is 0 Å². The van der Waals surface area contributed by atoms with Gasteiger partial charge in [-0.05, 0) is 18.2 Å². The first-order chi connectivity index (χ1) is 8.26. The number of hydrogen-bond acceptors (Lipinski definition) is 1. The number of hydrogen-bond donors (Lipinski definition) is 0. The van der Waals surface area contributed by atoms with E-state index in [1.54, 1.807) is 25.3 Å². The SMILES string of the molecule is C#Cc1ccc(-c2ccccc2OC)c(F)c1. The van der Waals surface area contributed by atoms with Crippen molar-refractivity contribution >= 4 is 0 Å². The molecule has 0 bridgehead atoms. The zero-order valence-corrected chi connectivity index (χ0v) is 9.41. The van der Waals surface area contributed by atoms with Crippen LogP contribution in [0.15, 0.2) is 42.5 Å². The van der Waals surface area contributed by atoms with Gasteiger partial charge in [-0.25, -0.2) is 4.39 Å². The van der Waals surface area contributed by atoms with Gasteiger partial charge in [-0.2, -0.15) is 0 Å². The summed E-state index contributed by atoms with van der Waals surface area (Å²) in [5, 5.41) is 0. The van der Waals surface area contributed by atoms with Crippen molar-refractivity contribution in [2.45, 2.75) is 0 Å². The lowest BCUT2D eigenvalue weighted by Crippen LogP contribution is -1.90. The Morgan fingerprint density at radius 2 is 1.88 bits per heavy atom. The fourth-order valence-electron chi connectivity index (χ4n) is 1.69. The van der Waals surface area contributed by atoms with E-state index in [0.717, 1.165) is 5.56 Å². The van der Waals surface area contributed by atoms with Gasteiger partial charge in [0, 0.05) is 16.7 Å². The van der Waals surface area contributed by atoms with Crippen molar-refractivity contribution < 1.29 is 9.13 Å². The maximum Gasteiger partial charge on any atom is 0.132 e. The Morgan fingerprint density at radius 3 is 2.53 bits per heavy atom. The molecule has 2 aromatic carbocycles. The molecule has 0 radical (unpaired) electrons. The second kappa shape index (κ2) is 4.71. The quantitative estimate of drug-likeness (QED) is 0.712. The summed E-state index contributed by atoms with van der Waals surface area (Å²) in [5.74, 6) is 2.70. The number of terminal acetylenes is 1. The van der Waals surface area contributed by atoms with Crippen LogP contribution >= 0.6 is 0 Å². The molecule has 0 fully saturated rings. The summed E-state index contributed by atoms with van der Waals surface area (Å²) in [6.45, 7) is 0. The van der Waals surface area contributed by atoms with Crippen LogP contribution in [0.4, 0.5) is 4.39 Å². The Labute approximate surface area is 99.9 Å². The van der Waals surface area contributed by atoms with E-state index in [9.17, 15) is 4.39 Å². The number of rotatable bonds is 2. The van der Waals surface area contributed by atoms with Gasteiger partial charge in [0.2, 0.25) is 0 Å². The van der Waals surface area contributed by atoms with Crippen molar-refractivity contribution in [1.82, 2.24) is 0 Å². The predicted octanol–water partition coefficient (Wildman–Crippen LogP) is 3.48. The standard InChI is InChI=1S/C15H11FO/c1-3-11-8-9-12(14(16)10-11)13-6-4-5-7-15(13)17-2/h1,4-10H,2H3. The van der Waals surface area contributed by atoms with Crippen molar-refractivity contribution in [2.24, 2.45) is 0 Å². The third kappa shape index (κ3) is 2.14. The fraction of sp³-hybridized carbons (Fsp3) is 0.0667. The first-order valence-corrected chi connectivity index (χ1v) is 5.16. The van der Waals surface area contributed by atoms with E-state index in [2.05, 4.69) is 5.92 Å². The number of para-hydroxylation sites is 1. The molecule has 0 amide bonds. The molecular formula is C15H11FO. The predicted molar refractivity (Wildman–Crippen MR) is 66.3 cm³/mol. The highest BCUT2D eigenvalue weighted by molar-refractivity contribution is 5.71. The second-order valence-electron chi connectivity index (χ2n) is 3.54. The summed E-state index contributed by atoms with van der Waals surface area (Å²) in [5.41, 5.74) is 1.73. The van der Waals surface area contributed by atoms with Gasteiger partial charge in [0.15, 0.2) is 0 Å². The molecule has 0 spiro atoms. The topological polar surface area (TPSA) is 9.23 Å². The van der Waals surface area contributed by atoms with E-state index in [0.29, 0.717) is 16.9 Å². The minimum Gasteiger partial charge on any atom is -0.496 e. The first-order valence-electron chi connectivity index (χ1n) is 5.16. The van der Waals surface area contributed by atoms with Gasteiger partial charge in [-0.15, -0.1) is 6.42 Å².